The summed E-state index contributed by atoms with van der Waals surface area (Å²) in [7, 11) is 1.76. The number of rotatable bonds is 4. The van der Waals surface area contributed by atoms with Gasteiger partial charge < -0.3 is 10.6 Å². The molecule has 4 nitrogen and oxygen atoms in total. The molecule has 0 saturated carbocycles. The maximum Gasteiger partial charge on any atom is 0.255 e. The fourth-order valence-corrected chi connectivity index (χ4v) is 3.50. The molecule has 1 atom stereocenters. The van der Waals surface area contributed by atoms with Gasteiger partial charge in [0.15, 0.2) is 0 Å². The van der Waals surface area contributed by atoms with E-state index in [0.29, 0.717) is 17.3 Å². The number of hydrogen-bond donors (Lipinski definition) is 2. The molecule has 6 heteroatoms. The van der Waals surface area contributed by atoms with E-state index in [4.69, 9.17) is 0 Å². The average molecular weight is 330 g/mol. The van der Waals surface area contributed by atoms with Gasteiger partial charge in [-0.25, -0.2) is 4.98 Å². The fourth-order valence-electron chi connectivity index (χ4n) is 1.89. The molecule has 0 aromatic carbocycles. The topological polar surface area (TPSA) is 54.0 Å². The molecule has 1 aliphatic heterocycles. The highest BCUT2D eigenvalue weighted by atomic mass is 79.9. The van der Waals surface area contributed by atoms with Crippen molar-refractivity contribution in [1.29, 1.82) is 0 Å². The maximum atomic E-state index is 12.1. The Morgan fingerprint density at radius 1 is 1.67 bits per heavy atom. The lowest BCUT2D eigenvalue weighted by Crippen LogP contribution is -2.30. The number of anilines is 1. The molecule has 18 heavy (non-hydrogen) atoms. The number of nitrogens with one attached hydrogen (secondary N) is 2. The van der Waals surface area contributed by atoms with E-state index in [1.165, 1.54) is 12.2 Å². The van der Waals surface area contributed by atoms with Gasteiger partial charge in [0.05, 0.1) is 5.56 Å². The first-order chi connectivity index (χ1) is 8.70. The van der Waals surface area contributed by atoms with Gasteiger partial charge in [-0.15, -0.1) is 0 Å². The molecule has 2 heterocycles. The van der Waals surface area contributed by atoms with Crippen LogP contribution in [0.25, 0.3) is 0 Å². The van der Waals surface area contributed by atoms with Crippen LogP contribution < -0.4 is 10.6 Å². The van der Waals surface area contributed by atoms with E-state index in [2.05, 4.69) is 31.5 Å². The van der Waals surface area contributed by atoms with Gasteiger partial charge in [-0.2, -0.15) is 11.8 Å². The second-order valence-electron chi connectivity index (χ2n) is 4.24. The molecule has 1 saturated heterocycles. The molecule has 0 radical (unpaired) electrons. The van der Waals surface area contributed by atoms with Crippen LogP contribution in [0.4, 0.5) is 5.82 Å². The molecule has 0 bridgehead atoms. The van der Waals surface area contributed by atoms with Crippen molar-refractivity contribution < 1.29 is 4.79 Å². The van der Waals surface area contributed by atoms with Crippen LogP contribution in [-0.2, 0) is 0 Å². The monoisotopic (exact) mass is 329 g/mol. The molecule has 2 rings (SSSR count). The second kappa shape index (κ2) is 6.43. The Labute approximate surface area is 119 Å². The molecule has 2 N–H and O–H groups in total. The van der Waals surface area contributed by atoms with Crippen molar-refractivity contribution in [2.24, 2.45) is 5.92 Å². The predicted molar refractivity (Wildman–Crippen MR) is 79.2 cm³/mol. The van der Waals surface area contributed by atoms with E-state index < -0.39 is 0 Å². The van der Waals surface area contributed by atoms with Crippen LogP contribution in [0.5, 0.6) is 0 Å². The second-order valence-corrected chi connectivity index (χ2v) is 6.30. The summed E-state index contributed by atoms with van der Waals surface area (Å²) >= 11 is 5.29. The van der Waals surface area contributed by atoms with E-state index >= 15 is 0 Å². The lowest BCUT2D eigenvalue weighted by molar-refractivity contribution is 0.0949. The summed E-state index contributed by atoms with van der Waals surface area (Å²) in [6.07, 6.45) is 2.87. The number of aromatic nitrogens is 1. The number of hydrogen-bond acceptors (Lipinski definition) is 4. The highest BCUT2D eigenvalue weighted by Gasteiger charge is 2.18. The van der Waals surface area contributed by atoms with Crippen molar-refractivity contribution in [3.8, 4) is 0 Å². The van der Waals surface area contributed by atoms with Crippen LogP contribution in [0.1, 0.15) is 16.8 Å². The zero-order chi connectivity index (χ0) is 13.0. The number of thioether (sulfide) groups is 1. The van der Waals surface area contributed by atoms with Crippen LogP contribution in [0.15, 0.2) is 16.7 Å². The quantitative estimate of drug-likeness (QED) is 0.890. The van der Waals surface area contributed by atoms with Crippen LogP contribution in [0.2, 0.25) is 0 Å². The number of carbonyl (C=O) groups excluding carboxylic acids is 1. The number of carbonyl (C=O) groups is 1. The summed E-state index contributed by atoms with van der Waals surface area (Å²) < 4.78 is 0.808. The van der Waals surface area contributed by atoms with Gasteiger partial charge in [-0.1, -0.05) is 0 Å². The smallest absolute Gasteiger partial charge is 0.255 e. The highest BCUT2D eigenvalue weighted by molar-refractivity contribution is 9.10. The Hall–Kier alpha value is -0.750. The van der Waals surface area contributed by atoms with Crippen molar-refractivity contribution in [2.45, 2.75) is 6.42 Å². The van der Waals surface area contributed by atoms with Gasteiger partial charge in [0.2, 0.25) is 0 Å². The molecule has 0 spiro atoms. The van der Waals surface area contributed by atoms with E-state index in [0.717, 1.165) is 16.8 Å². The van der Waals surface area contributed by atoms with Gasteiger partial charge in [-0.05, 0) is 45.8 Å². The molecule has 1 aromatic heterocycles. The molecule has 0 aliphatic carbocycles. The Morgan fingerprint density at radius 3 is 3.17 bits per heavy atom. The first-order valence-corrected chi connectivity index (χ1v) is 7.84. The van der Waals surface area contributed by atoms with Gasteiger partial charge in [0, 0.05) is 24.3 Å². The van der Waals surface area contributed by atoms with E-state index in [1.54, 1.807) is 19.3 Å². The Morgan fingerprint density at radius 2 is 2.50 bits per heavy atom. The highest BCUT2D eigenvalue weighted by Crippen LogP contribution is 2.23. The third kappa shape index (κ3) is 3.38. The van der Waals surface area contributed by atoms with Gasteiger partial charge in [-0.3, -0.25) is 4.79 Å². The Bertz CT molecular complexity index is 435. The Balaban J connectivity index is 2.00. The minimum atomic E-state index is -0.0648. The summed E-state index contributed by atoms with van der Waals surface area (Å²) in [5.41, 5.74) is 0.581. The number of nitrogens with zero attached hydrogens (tertiary/aromatic N) is 1. The van der Waals surface area contributed by atoms with Crippen molar-refractivity contribution in [2.75, 3.05) is 30.4 Å². The largest absolute Gasteiger partial charge is 0.372 e. The zero-order valence-electron chi connectivity index (χ0n) is 10.2. The van der Waals surface area contributed by atoms with Gasteiger partial charge >= 0.3 is 0 Å². The molecule has 1 aliphatic rings. The molecule has 98 valence electrons. The minimum absolute atomic E-state index is 0.0648. The van der Waals surface area contributed by atoms with Crippen LogP contribution in [0.3, 0.4) is 0 Å². The average Bonchev–Trinajstić information content (AvgIpc) is 2.89. The Kier molecular flexibility index (Phi) is 4.88. The van der Waals surface area contributed by atoms with Crippen molar-refractivity contribution in [1.82, 2.24) is 10.3 Å². The van der Waals surface area contributed by atoms with E-state index in [1.807, 2.05) is 11.8 Å². The van der Waals surface area contributed by atoms with Crippen LogP contribution >= 0.6 is 27.7 Å². The lowest BCUT2D eigenvalue weighted by Gasteiger charge is -2.12. The number of pyridine rings is 1. The lowest BCUT2D eigenvalue weighted by atomic mass is 10.1. The normalized spacial score (nSPS) is 18.7. The van der Waals surface area contributed by atoms with E-state index in [-0.39, 0.29) is 5.91 Å². The first kappa shape index (κ1) is 13.7. The van der Waals surface area contributed by atoms with E-state index in [9.17, 15) is 4.79 Å². The van der Waals surface area contributed by atoms with Crippen molar-refractivity contribution >= 4 is 39.4 Å². The number of halogens is 1. The zero-order valence-corrected chi connectivity index (χ0v) is 12.6. The maximum absolute atomic E-state index is 12.1. The van der Waals surface area contributed by atoms with Crippen LogP contribution in [-0.4, -0.2) is 36.0 Å². The summed E-state index contributed by atoms with van der Waals surface area (Å²) in [5.74, 6) is 3.51. The third-order valence-electron chi connectivity index (χ3n) is 2.91. The predicted octanol–water partition coefficient (Wildman–Crippen LogP) is 2.37. The van der Waals surface area contributed by atoms with Crippen molar-refractivity contribution in [3.63, 3.8) is 0 Å². The molecular formula is C12H16BrN3OS. The summed E-state index contributed by atoms with van der Waals surface area (Å²) in [4.78, 5) is 16.3. The molecular weight excluding hydrogens is 314 g/mol. The minimum Gasteiger partial charge on any atom is -0.372 e. The molecule has 1 unspecified atom stereocenters. The summed E-state index contributed by atoms with van der Waals surface area (Å²) in [6.45, 7) is 0.751. The SMILES string of the molecule is CNc1ncc(Br)cc1C(=O)NCC1CCSC1. The van der Waals surface area contributed by atoms with Gasteiger partial charge in [0.1, 0.15) is 5.82 Å². The summed E-state index contributed by atoms with van der Waals surface area (Å²) in [5, 5.41) is 5.92. The van der Waals surface area contributed by atoms with Crippen LogP contribution in [0, 0.1) is 5.92 Å². The standard InChI is InChI=1S/C12H16BrN3OS/c1-14-11-10(4-9(13)6-15-11)12(17)16-5-8-2-3-18-7-8/h4,6,8H,2-3,5,7H2,1H3,(H,14,15)(H,16,17). The molecule has 1 fully saturated rings. The summed E-state index contributed by atoms with van der Waals surface area (Å²) in [6, 6.07) is 1.79. The first-order valence-electron chi connectivity index (χ1n) is 5.90. The number of amides is 1. The van der Waals surface area contributed by atoms with Gasteiger partial charge in [0.25, 0.3) is 5.91 Å². The van der Waals surface area contributed by atoms with Crippen molar-refractivity contribution in [3.05, 3.63) is 22.3 Å². The fraction of sp³-hybridized carbons (Fsp3) is 0.500. The molecule has 1 amide bonds. The molecule has 1 aromatic rings. The third-order valence-corrected chi connectivity index (χ3v) is 4.58.